The van der Waals surface area contributed by atoms with Crippen LogP contribution in [0.3, 0.4) is 0 Å². The smallest absolute Gasteiger partial charge is 0.261 e. The molecule has 0 unspecified atom stereocenters. The lowest BCUT2D eigenvalue weighted by molar-refractivity contribution is -0.120. The molecule has 0 saturated heterocycles. The molecule has 3 rings (SSSR count). The third-order valence-corrected chi connectivity index (χ3v) is 3.46. The third-order valence-electron chi connectivity index (χ3n) is 3.46. The number of carbonyl (C=O) groups excluding carboxylic acids is 2. The van der Waals surface area contributed by atoms with E-state index in [1.807, 2.05) is 0 Å². The van der Waals surface area contributed by atoms with Crippen LogP contribution in [0.15, 0.2) is 35.4 Å². The van der Waals surface area contributed by atoms with Gasteiger partial charge in [-0.25, -0.2) is 9.29 Å². The normalized spacial score (nSPS) is 19.5. The largest absolute Gasteiger partial charge is 0.269 e. The Morgan fingerprint density at radius 1 is 1.00 bits per heavy atom. The average Bonchev–Trinajstić information content (AvgIpc) is 2.63. The molecule has 0 atom stereocenters. The minimum atomic E-state index is -0.446. The molecule has 1 aromatic carbocycles. The van der Waals surface area contributed by atoms with Crippen molar-refractivity contribution < 1.29 is 14.0 Å². The molecule has 0 spiro atoms. The fourth-order valence-electron chi connectivity index (χ4n) is 2.59. The number of rotatable bonds is 1. The van der Waals surface area contributed by atoms with Gasteiger partial charge in [0.15, 0.2) is 0 Å². The van der Waals surface area contributed by atoms with Crippen molar-refractivity contribution in [3.05, 3.63) is 41.2 Å². The van der Waals surface area contributed by atoms with Gasteiger partial charge in [0.25, 0.3) is 11.8 Å². The zero-order valence-corrected chi connectivity index (χ0v) is 9.78. The second-order valence-corrected chi connectivity index (χ2v) is 4.59. The second kappa shape index (κ2) is 4.05. The number of halogens is 1. The van der Waals surface area contributed by atoms with Gasteiger partial charge in [-0.1, -0.05) is 6.07 Å². The van der Waals surface area contributed by atoms with Gasteiger partial charge < -0.3 is 0 Å². The Balaban J connectivity index is 2.02. The quantitative estimate of drug-likeness (QED) is 0.713. The van der Waals surface area contributed by atoms with Crippen LogP contribution in [0.25, 0.3) is 0 Å². The number of hydrogen-bond acceptors (Lipinski definition) is 2. The van der Waals surface area contributed by atoms with Crippen molar-refractivity contribution in [3.8, 4) is 0 Å². The highest BCUT2D eigenvalue weighted by atomic mass is 19.1. The Morgan fingerprint density at radius 2 is 1.61 bits per heavy atom. The molecule has 1 heterocycles. The van der Waals surface area contributed by atoms with Gasteiger partial charge in [0.2, 0.25) is 0 Å². The zero-order chi connectivity index (χ0) is 12.7. The number of amides is 2. The average molecular weight is 245 g/mol. The van der Waals surface area contributed by atoms with E-state index in [9.17, 15) is 14.0 Å². The van der Waals surface area contributed by atoms with Crippen molar-refractivity contribution in [1.82, 2.24) is 0 Å². The summed E-state index contributed by atoms with van der Waals surface area (Å²) in [5, 5.41) is 0. The maximum absolute atomic E-state index is 13.2. The van der Waals surface area contributed by atoms with Crippen molar-refractivity contribution in [3.63, 3.8) is 0 Å². The molecular formula is C14H12FNO2. The van der Waals surface area contributed by atoms with E-state index in [2.05, 4.69) is 0 Å². The van der Waals surface area contributed by atoms with Crippen molar-refractivity contribution >= 4 is 17.5 Å². The van der Waals surface area contributed by atoms with Crippen molar-refractivity contribution in [2.75, 3.05) is 4.90 Å². The molecule has 0 saturated carbocycles. The third kappa shape index (κ3) is 1.56. The minimum Gasteiger partial charge on any atom is -0.269 e. The lowest BCUT2D eigenvalue weighted by Gasteiger charge is -2.14. The summed E-state index contributed by atoms with van der Waals surface area (Å²) >= 11 is 0. The molecule has 3 nitrogen and oxygen atoms in total. The van der Waals surface area contributed by atoms with Gasteiger partial charge in [-0.2, -0.15) is 0 Å². The van der Waals surface area contributed by atoms with Gasteiger partial charge in [-0.3, -0.25) is 9.59 Å². The predicted octanol–water partition coefficient (Wildman–Crippen LogP) is 2.57. The van der Waals surface area contributed by atoms with Gasteiger partial charge in [0.1, 0.15) is 5.82 Å². The van der Waals surface area contributed by atoms with Crippen LogP contribution in [0.5, 0.6) is 0 Å². The minimum absolute atomic E-state index is 0.277. The molecule has 0 fully saturated rings. The Kier molecular flexibility index (Phi) is 2.51. The van der Waals surface area contributed by atoms with Crippen LogP contribution >= 0.6 is 0 Å². The van der Waals surface area contributed by atoms with Crippen LogP contribution in [-0.2, 0) is 9.59 Å². The maximum atomic E-state index is 13.2. The number of anilines is 1. The van der Waals surface area contributed by atoms with Crippen molar-refractivity contribution in [2.45, 2.75) is 25.7 Å². The molecule has 4 heteroatoms. The SMILES string of the molecule is O=C1C2=C(CCCC2)C(=O)N1c1cccc(F)c1. The second-order valence-electron chi connectivity index (χ2n) is 4.59. The van der Waals surface area contributed by atoms with Gasteiger partial charge >= 0.3 is 0 Å². The van der Waals surface area contributed by atoms with Crippen LogP contribution < -0.4 is 4.90 Å². The molecule has 0 bridgehead atoms. The number of hydrogen-bond donors (Lipinski definition) is 0. The molecule has 0 N–H and O–H groups in total. The van der Waals surface area contributed by atoms with Crippen LogP contribution in [0.2, 0.25) is 0 Å². The van der Waals surface area contributed by atoms with E-state index >= 15 is 0 Å². The molecule has 18 heavy (non-hydrogen) atoms. The van der Waals surface area contributed by atoms with E-state index in [1.54, 1.807) is 6.07 Å². The zero-order valence-electron chi connectivity index (χ0n) is 9.78. The summed E-state index contributed by atoms with van der Waals surface area (Å²) in [6.45, 7) is 0. The summed E-state index contributed by atoms with van der Waals surface area (Å²) in [5.41, 5.74) is 1.56. The highest BCUT2D eigenvalue weighted by Gasteiger charge is 2.39. The molecule has 1 aromatic rings. The number of nitrogens with zero attached hydrogens (tertiary/aromatic N) is 1. The van der Waals surface area contributed by atoms with Gasteiger partial charge in [0, 0.05) is 11.1 Å². The summed E-state index contributed by atoms with van der Waals surface area (Å²) in [5.74, 6) is -1.00. The monoisotopic (exact) mass is 245 g/mol. The fourth-order valence-corrected chi connectivity index (χ4v) is 2.59. The Morgan fingerprint density at radius 3 is 2.17 bits per heavy atom. The molecule has 0 aromatic heterocycles. The van der Waals surface area contributed by atoms with E-state index in [-0.39, 0.29) is 11.8 Å². The van der Waals surface area contributed by atoms with E-state index in [4.69, 9.17) is 0 Å². The molecule has 1 aliphatic carbocycles. The van der Waals surface area contributed by atoms with Crippen molar-refractivity contribution in [2.24, 2.45) is 0 Å². The highest BCUT2D eigenvalue weighted by Crippen LogP contribution is 2.35. The molecule has 2 amide bonds. The first-order chi connectivity index (χ1) is 8.68. The van der Waals surface area contributed by atoms with E-state index in [0.29, 0.717) is 29.7 Å². The van der Waals surface area contributed by atoms with Gasteiger partial charge in [-0.15, -0.1) is 0 Å². The highest BCUT2D eigenvalue weighted by molar-refractivity contribution is 6.33. The Bertz CT molecular complexity index is 549. The standard InChI is InChI=1S/C14H12FNO2/c15-9-4-3-5-10(8-9)16-13(17)11-6-1-2-7-12(11)14(16)18/h3-5,8H,1-2,6-7H2. The summed E-state index contributed by atoms with van der Waals surface area (Å²) in [6.07, 6.45) is 3.20. The number of carbonyl (C=O) groups is 2. The molecule has 92 valence electrons. The van der Waals surface area contributed by atoms with E-state index in [0.717, 1.165) is 17.7 Å². The first kappa shape index (κ1) is 11.1. The Labute approximate surface area is 104 Å². The van der Waals surface area contributed by atoms with Crippen LogP contribution in [0.4, 0.5) is 10.1 Å². The predicted molar refractivity (Wildman–Crippen MR) is 64.4 cm³/mol. The van der Waals surface area contributed by atoms with Gasteiger partial charge in [0.05, 0.1) is 5.69 Å². The number of benzene rings is 1. The van der Waals surface area contributed by atoms with Crippen molar-refractivity contribution in [1.29, 1.82) is 0 Å². The lowest BCUT2D eigenvalue weighted by atomic mass is 9.93. The first-order valence-corrected chi connectivity index (χ1v) is 6.05. The molecule has 0 radical (unpaired) electrons. The summed E-state index contributed by atoms with van der Waals surface area (Å²) < 4.78 is 13.2. The Hall–Kier alpha value is -1.97. The summed E-state index contributed by atoms with van der Waals surface area (Å²) in [6, 6.07) is 5.59. The lowest BCUT2D eigenvalue weighted by Crippen LogP contribution is -2.31. The van der Waals surface area contributed by atoms with Gasteiger partial charge in [-0.05, 0) is 43.9 Å². The number of imide groups is 1. The topological polar surface area (TPSA) is 37.4 Å². The van der Waals surface area contributed by atoms with E-state index in [1.165, 1.54) is 18.2 Å². The van der Waals surface area contributed by atoms with Crippen LogP contribution in [0, 0.1) is 5.82 Å². The fraction of sp³-hybridized carbons (Fsp3) is 0.286. The molecular weight excluding hydrogens is 233 g/mol. The first-order valence-electron chi connectivity index (χ1n) is 6.05. The molecule has 2 aliphatic rings. The summed E-state index contributed by atoms with van der Waals surface area (Å²) in [4.78, 5) is 25.5. The molecule has 1 aliphatic heterocycles. The van der Waals surface area contributed by atoms with E-state index < -0.39 is 5.82 Å². The summed E-state index contributed by atoms with van der Waals surface area (Å²) in [7, 11) is 0. The van der Waals surface area contributed by atoms with Crippen LogP contribution in [0.1, 0.15) is 25.7 Å². The maximum Gasteiger partial charge on any atom is 0.261 e. The van der Waals surface area contributed by atoms with Crippen LogP contribution in [-0.4, -0.2) is 11.8 Å².